The predicted molar refractivity (Wildman–Crippen MR) is 191 cm³/mol. The first-order chi connectivity index (χ1) is 23.8. The van der Waals surface area contributed by atoms with Gasteiger partial charge in [0.25, 0.3) is 0 Å². The Labute approximate surface area is 302 Å². The number of methoxy groups -OCH3 is 2. The Bertz CT molecular complexity index is 1350. The molecule has 0 aliphatic carbocycles. The molecule has 0 saturated carbocycles. The van der Waals surface area contributed by atoms with E-state index in [1.807, 2.05) is 53.7 Å². The van der Waals surface area contributed by atoms with Crippen molar-refractivity contribution in [2.75, 3.05) is 14.2 Å². The van der Waals surface area contributed by atoms with Crippen molar-refractivity contribution >= 4 is 17.9 Å². The molecule has 0 aromatic rings. The summed E-state index contributed by atoms with van der Waals surface area (Å²) in [6.07, 6.45) is 5.37. The van der Waals surface area contributed by atoms with Crippen LogP contribution < -0.4 is 0 Å². The minimum atomic E-state index is -1.99. The van der Waals surface area contributed by atoms with Gasteiger partial charge in [0.15, 0.2) is 5.79 Å². The van der Waals surface area contributed by atoms with Crippen LogP contribution in [0.5, 0.6) is 0 Å². The molecule has 0 spiro atoms. The van der Waals surface area contributed by atoms with Crippen LogP contribution in [0.15, 0.2) is 59.4 Å². The summed E-state index contributed by atoms with van der Waals surface area (Å²) >= 11 is 0. The lowest BCUT2D eigenvalue weighted by atomic mass is 9.76. The van der Waals surface area contributed by atoms with Crippen LogP contribution in [0.3, 0.4) is 0 Å². The summed E-state index contributed by atoms with van der Waals surface area (Å²) in [5.41, 5.74) is 1.70. The number of allylic oxidation sites excluding steroid dienone is 5. The molecule has 0 aromatic heterocycles. The van der Waals surface area contributed by atoms with E-state index in [-0.39, 0.29) is 35.9 Å². The van der Waals surface area contributed by atoms with E-state index < -0.39 is 72.2 Å². The van der Waals surface area contributed by atoms with Crippen LogP contribution in [0.25, 0.3) is 0 Å². The number of aliphatic hydroxyl groups is 3. The van der Waals surface area contributed by atoms with Gasteiger partial charge in [-0.2, -0.15) is 0 Å². The van der Waals surface area contributed by atoms with E-state index >= 15 is 0 Å². The number of cyclic esters (lactones) is 1. The molecule has 2 rings (SSSR count). The molecule has 1 fully saturated rings. The molecule has 1 saturated heterocycles. The topological polar surface area (TPSA) is 178 Å². The highest BCUT2D eigenvalue weighted by Gasteiger charge is 2.53. The molecular formula is C39H60O12. The molecular weight excluding hydrogens is 660 g/mol. The minimum Gasteiger partial charge on any atom is -0.490 e. The van der Waals surface area contributed by atoms with Gasteiger partial charge in [-0.1, -0.05) is 83.9 Å². The highest BCUT2D eigenvalue weighted by molar-refractivity contribution is 5.90. The Kier molecular flexibility index (Phi) is 16.8. The number of aliphatic carboxylic acids is 1. The molecule has 12 unspecified atom stereocenters. The number of carboxylic acids is 1. The van der Waals surface area contributed by atoms with Crippen LogP contribution in [0.1, 0.15) is 75.2 Å². The van der Waals surface area contributed by atoms with E-state index in [0.717, 1.165) is 11.6 Å². The van der Waals surface area contributed by atoms with Crippen molar-refractivity contribution in [2.45, 2.75) is 118 Å². The molecule has 0 bridgehead atoms. The lowest BCUT2D eigenvalue weighted by Crippen LogP contribution is -2.59. The molecule has 12 heteroatoms. The Morgan fingerprint density at radius 2 is 1.71 bits per heavy atom. The third-order valence-electron chi connectivity index (χ3n) is 10.1. The fourth-order valence-corrected chi connectivity index (χ4v) is 7.00. The molecule has 288 valence electrons. The lowest BCUT2D eigenvalue weighted by molar-refractivity contribution is -0.329. The Hall–Kier alpha value is -3.29. The van der Waals surface area contributed by atoms with Gasteiger partial charge in [0.05, 0.1) is 25.4 Å². The van der Waals surface area contributed by atoms with Crippen molar-refractivity contribution < 1.29 is 58.5 Å². The molecule has 0 aromatic carbocycles. The molecule has 0 radical (unpaired) electrons. The van der Waals surface area contributed by atoms with Crippen LogP contribution in [0, 0.1) is 35.5 Å². The summed E-state index contributed by atoms with van der Waals surface area (Å²) in [5.74, 6) is -7.68. The van der Waals surface area contributed by atoms with Crippen molar-refractivity contribution in [1.82, 2.24) is 0 Å². The maximum atomic E-state index is 13.6. The van der Waals surface area contributed by atoms with Gasteiger partial charge < -0.3 is 44.1 Å². The number of hydrogen-bond acceptors (Lipinski definition) is 11. The quantitative estimate of drug-likeness (QED) is 0.178. The number of carbonyl (C=O) groups excluding carboxylic acids is 2. The van der Waals surface area contributed by atoms with Crippen molar-refractivity contribution in [3.63, 3.8) is 0 Å². The summed E-state index contributed by atoms with van der Waals surface area (Å²) in [7, 11) is 2.80. The van der Waals surface area contributed by atoms with Crippen LogP contribution in [0.4, 0.5) is 0 Å². The Balaban J connectivity index is 2.55. The van der Waals surface area contributed by atoms with Crippen molar-refractivity contribution in [3.8, 4) is 0 Å². The Morgan fingerprint density at radius 1 is 1.06 bits per heavy atom. The number of aliphatic hydroxyl groups excluding tert-OH is 2. The van der Waals surface area contributed by atoms with Gasteiger partial charge in [0, 0.05) is 49.4 Å². The second-order valence-corrected chi connectivity index (χ2v) is 14.6. The van der Waals surface area contributed by atoms with Gasteiger partial charge in [0.1, 0.15) is 18.3 Å². The number of carbonyl (C=O) groups is 3. The van der Waals surface area contributed by atoms with Gasteiger partial charge in [-0.15, -0.1) is 0 Å². The summed E-state index contributed by atoms with van der Waals surface area (Å²) in [6, 6.07) is 0. The third kappa shape index (κ3) is 12.1. The molecule has 2 aliphatic heterocycles. The molecule has 0 amide bonds. The zero-order valence-corrected chi connectivity index (χ0v) is 31.9. The standard InChI is InChI=1S/C39H60O12/c1-21(2)36-26(7)31(49-33(42)16-15-32(40)41)20-39(46,51-36)28(9)35(44)27(8)37-29(47-10)14-12-13-22(3)17-24(5)34(43)25(6)18-23(4)19-30(48-11)38(45)50-37/h12-16,18-19,21,24-29,31,34-37,43-44,46H,17,20H2,1-11H3,(H,40,41)/b14-12-,16-15+,22-13+,23-18+,30-19+. The molecule has 4 N–H and O–H groups in total. The second kappa shape index (κ2) is 19.5. The number of esters is 2. The molecule has 51 heavy (non-hydrogen) atoms. The molecule has 2 heterocycles. The monoisotopic (exact) mass is 720 g/mol. The van der Waals surface area contributed by atoms with Crippen LogP contribution >= 0.6 is 0 Å². The van der Waals surface area contributed by atoms with Crippen LogP contribution in [0.2, 0.25) is 0 Å². The van der Waals surface area contributed by atoms with E-state index in [4.69, 9.17) is 28.8 Å². The summed E-state index contributed by atoms with van der Waals surface area (Å²) in [5, 5.41) is 43.8. The van der Waals surface area contributed by atoms with Gasteiger partial charge in [-0.05, 0) is 38.2 Å². The van der Waals surface area contributed by atoms with Gasteiger partial charge in [-0.3, -0.25) is 0 Å². The number of ether oxygens (including phenoxy) is 5. The zero-order valence-electron chi connectivity index (χ0n) is 31.9. The lowest BCUT2D eigenvalue weighted by Gasteiger charge is -2.50. The van der Waals surface area contributed by atoms with E-state index in [2.05, 4.69) is 0 Å². The summed E-state index contributed by atoms with van der Waals surface area (Å²) < 4.78 is 29.1. The number of carboxylic acid groups (broad SMARTS) is 1. The van der Waals surface area contributed by atoms with Gasteiger partial charge >= 0.3 is 17.9 Å². The smallest absolute Gasteiger partial charge is 0.373 e. The maximum absolute atomic E-state index is 13.6. The number of rotatable bonds is 10. The van der Waals surface area contributed by atoms with Crippen LogP contribution in [-0.2, 0) is 38.1 Å². The zero-order chi connectivity index (χ0) is 38.8. The summed E-state index contributed by atoms with van der Waals surface area (Å²) in [6.45, 7) is 16.5. The van der Waals surface area contributed by atoms with E-state index in [1.54, 1.807) is 32.9 Å². The summed E-state index contributed by atoms with van der Waals surface area (Å²) in [4.78, 5) is 37.1. The maximum Gasteiger partial charge on any atom is 0.373 e. The van der Waals surface area contributed by atoms with Gasteiger partial charge in [0.2, 0.25) is 5.76 Å². The normalized spacial score (nSPS) is 37.1. The fraction of sp³-hybridized carbons (Fsp3) is 0.667. The van der Waals surface area contributed by atoms with E-state index in [0.29, 0.717) is 18.1 Å². The third-order valence-corrected chi connectivity index (χ3v) is 10.1. The molecule has 2 aliphatic rings. The van der Waals surface area contributed by atoms with Crippen LogP contribution in [-0.4, -0.2) is 95.0 Å². The first-order valence-electron chi connectivity index (χ1n) is 17.7. The number of hydrogen-bond donors (Lipinski definition) is 4. The van der Waals surface area contributed by atoms with Crippen molar-refractivity contribution in [1.29, 1.82) is 0 Å². The average Bonchev–Trinajstić information content (AvgIpc) is 3.06. The SMILES string of the molecule is CO/C1=C/C(C)=C/C(C)C(O)C(C)C/C(C)=C/C=C\C(OC)C(C(C)C(O)C(C)C2(O)CC(OC(=O)/C=C/C(=O)O)C(C)C(C(C)C)O2)OC1=O. The highest BCUT2D eigenvalue weighted by atomic mass is 16.6. The van der Waals surface area contributed by atoms with E-state index in [9.17, 15) is 29.7 Å². The largest absolute Gasteiger partial charge is 0.490 e. The average molecular weight is 721 g/mol. The molecule has 12 atom stereocenters. The fourth-order valence-electron chi connectivity index (χ4n) is 7.00. The Morgan fingerprint density at radius 3 is 2.27 bits per heavy atom. The minimum absolute atomic E-state index is 0.0458. The predicted octanol–water partition coefficient (Wildman–Crippen LogP) is 4.88. The highest BCUT2D eigenvalue weighted by Crippen LogP contribution is 2.42. The van der Waals surface area contributed by atoms with Crippen molar-refractivity contribution in [3.05, 3.63) is 59.4 Å². The van der Waals surface area contributed by atoms with Crippen molar-refractivity contribution in [2.24, 2.45) is 35.5 Å². The van der Waals surface area contributed by atoms with Gasteiger partial charge in [-0.25, -0.2) is 14.4 Å². The first kappa shape index (κ1) is 43.9. The first-order valence-corrected chi connectivity index (χ1v) is 17.7. The molecule has 12 nitrogen and oxygen atoms in total. The second-order valence-electron chi connectivity index (χ2n) is 14.6. The van der Waals surface area contributed by atoms with E-state index in [1.165, 1.54) is 20.3 Å².